The smallest absolute Gasteiger partial charge is 0.255 e. The summed E-state index contributed by atoms with van der Waals surface area (Å²) in [6, 6.07) is 3.41. The average molecular weight is 313 g/mol. The number of piperazine rings is 1. The molecule has 21 heavy (non-hydrogen) atoms. The van der Waals surface area contributed by atoms with Gasteiger partial charge >= 0.3 is 0 Å². The molecule has 2 heterocycles. The highest BCUT2D eigenvalue weighted by atomic mass is 32.2. The second-order valence-electron chi connectivity index (χ2n) is 4.74. The Morgan fingerprint density at radius 1 is 1.33 bits per heavy atom. The normalized spacial score (nSPS) is 16.9. The molecule has 0 N–H and O–H groups in total. The third-order valence-corrected chi connectivity index (χ3v) is 5.21. The van der Waals surface area contributed by atoms with Crippen LogP contribution in [0.5, 0.6) is 0 Å². The number of pyridine rings is 1. The van der Waals surface area contributed by atoms with E-state index in [1.165, 1.54) is 17.6 Å². The van der Waals surface area contributed by atoms with Gasteiger partial charge in [0.25, 0.3) is 5.91 Å². The van der Waals surface area contributed by atoms with Crippen molar-refractivity contribution in [3.63, 3.8) is 0 Å². The van der Waals surface area contributed by atoms with Crippen LogP contribution in [0.3, 0.4) is 0 Å². The molecule has 0 atom stereocenters. The van der Waals surface area contributed by atoms with Crippen LogP contribution in [0.25, 0.3) is 0 Å². The first-order valence-corrected chi connectivity index (χ1v) is 8.31. The van der Waals surface area contributed by atoms with Gasteiger partial charge in [0.1, 0.15) is 0 Å². The van der Waals surface area contributed by atoms with Crippen molar-refractivity contribution in [3.05, 3.63) is 30.1 Å². The summed E-state index contributed by atoms with van der Waals surface area (Å²) in [6.45, 7) is 1.59. The number of hydrogen-bond donors (Lipinski definition) is 0. The zero-order valence-electron chi connectivity index (χ0n) is 11.9. The molecule has 1 aromatic rings. The molecule has 1 aliphatic heterocycles. The van der Waals surface area contributed by atoms with Gasteiger partial charge in [0, 0.05) is 45.7 Å². The molecule has 0 spiro atoms. The highest BCUT2D eigenvalue weighted by Crippen LogP contribution is 2.11. The van der Waals surface area contributed by atoms with Crippen LogP contribution in [0.4, 0.5) is 0 Å². The molecule has 8 heteroatoms. The Labute approximate surface area is 124 Å². The molecule has 2 rings (SSSR count). The first-order valence-electron chi connectivity index (χ1n) is 6.70. The van der Waals surface area contributed by atoms with E-state index in [9.17, 15) is 13.2 Å². The topological polar surface area (TPSA) is 79.8 Å². The number of rotatable bonds is 5. The summed E-state index contributed by atoms with van der Waals surface area (Å²) in [5.74, 6) is -0.142. The number of nitrogens with zero attached hydrogens (tertiary/aromatic N) is 3. The minimum absolute atomic E-state index is 0.0277. The molecular formula is C13H19N3O4S. The van der Waals surface area contributed by atoms with Crippen molar-refractivity contribution in [1.29, 1.82) is 0 Å². The quantitative estimate of drug-likeness (QED) is 0.753. The largest absolute Gasteiger partial charge is 0.384 e. The lowest BCUT2D eigenvalue weighted by Gasteiger charge is -2.34. The Hall–Kier alpha value is -1.51. The van der Waals surface area contributed by atoms with Gasteiger partial charge in [-0.3, -0.25) is 9.78 Å². The third-order valence-electron chi connectivity index (χ3n) is 3.37. The monoisotopic (exact) mass is 313 g/mol. The van der Waals surface area contributed by atoms with Gasteiger partial charge in [0.15, 0.2) is 0 Å². The molecule has 0 bridgehead atoms. The van der Waals surface area contributed by atoms with Crippen molar-refractivity contribution in [2.75, 3.05) is 45.6 Å². The maximum absolute atomic E-state index is 12.2. The van der Waals surface area contributed by atoms with E-state index in [4.69, 9.17) is 4.74 Å². The van der Waals surface area contributed by atoms with E-state index in [-0.39, 0.29) is 18.3 Å². The number of carbonyl (C=O) groups excluding carboxylic acids is 1. The third kappa shape index (κ3) is 3.99. The van der Waals surface area contributed by atoms with Crippen LogP contribution in [0.1, 0.15) is 10.4 Å². The Balaban J connectivity index is 1.93. The maximum atomic E-state index is 12.2. The molecule has 0 radical (unpaired) electrons. The molecule has 116 valence electrons. The lowest BCUT2D eigenvalue weighted by Crippen LogP contribution is -2.51. The summed E-state index contributed by atoms with van der Waals surface area (Å²) >= 11 is 0. The predicted molar refractivity (Wildman–Crippen MR) is 77.4 cm³/mol. The first-order chi connectivity index (χ1) is 10.0. The molecule has 0 saturated carbocycles. The Morgan fingerprint density at radius 2 is 2.05 bits per heavy atom. The number of sulfonamides is 1. The summed E-state index contributed by atoms with van der Waals surface area (Å²) in [5.41, 5.74) is 0.521. The minimum Gasteiger partial charge on any atom is -0.384 e. The van der Waals surface area contributed by atoms with E-state index in [1.54, 1.807) is 23.2 Å². The van der Waals surface area contributed by atoms with E-state index in [0.717, 1.165) is 0 Å². The molecule has 0 aromatic carbocycles. The van der Waals surface area contributed by atoms with Crippen LogP contribution in [0.2, 0.25) is 0 Å². The van der Waals surface area contributed by atoms with Gasteiger partial charge in [-0.15, -0.1) is 0 Å². The second kappa shape index (κ2) is 6.97. The van der Waals surface area contributed by atoms with Crippen molar-refractivity contribution >= 4 is 15.9 Å². The molecule has 1 saturated heterocycles. The highest BCUT2D eigenvalue weighted by Gasteiger charge is 2.28. The van der Waals surface area contributed by atoms with Gasteiger partial charge < -0.3 is 9.64 Å². The van der Waals surface area contributed by atoms with Crippen LogP contribution in [0, 0.1) is 0 Å². The fourth-order valence-corrected chi connectivity index (χ4v) is 3.51. The van der Waals surface area contributed by atoms with E-state index in [2.05, 4.69) is 4.98 Å². The van der Waals surface area contributed by atoms with Gasteiger partial charge in [-0.1, -0.05) is 0 Å². The number of hydrogen-bond acceptors (Lipinski definition) is 5. The van der Waals surface area contributed by atoms with Crippen molar-refractivity contribution < 1.29 is 17.9 Å². The maximum Gasteiger partial charge on any atom is 0.255 e. The van der Waals surface area contributed by atoms with Crippen LogP contribution >= 0.6 is 0 Å². The van der Waals surface area contributed by atoms with Gasteiger partial charge in [0.05, 0.1) is 17.9 Å². The van der Waals surface area contributed by atoms with Crippen LogP contribution in [-0.2, 0) is 14.8 Å². The number of methoxy groups -OCH3 is 1. The summed E-state index contributed by atoms with van der Waals surface area (Å²) in [5, 5.41) is 0. The van der Waals surface area contributed by atoms with Crippen molar-refractivity contribution in [2.45, 2.75) is 0 Å². The zero-order chi connectivity index (χ0) is 15.3. The predicted octanol–water partition coefficient (Wildman–Crippen LogP) is -0.184. The zero-order valence-corrected chi connectivity index (χ0v) is 12.8. The van der Waals surface area contributed by atoms with Crippen molar-refractivity contribution in [2.24, 2.45) is 0 Å². The molecule has 1 aliphatic rings. The average Bonchev–Trinajstić information content (AvgIpc) is 2.53. The van der Waals surface area contributed by atoms with Gasteiger partial charge in [-0.2, -0.15) is 4.31 Å². The lowest BCUT2D eigenvalue weighted by molar-refractivity contribution is 0.0697. The molecule has 1 amide bonds. The van der Waals surface area contributed by atoms with E-state index in [1.807, 2.05) is 0 Å². The Bertz CT molecular complexity index is 568. The molecule has 0 aliphatic carbocycles. The fourth-order valence-electron chi connectivity index (χ4n) is 2.16. The van der Waals surface area contributed by atoms with Crippen LogP contribution < -0.4 is 0 Å². The van der Waals surface area contributed by atoms with E-state index >= 15 is 0 Å². The van der Waals surface area contributed by atoms with Crippen molar-refractivity contribution in [1.82, 2.24) is 14.2 Å². The summed E-state index contributed by atoms with van der Waals surface area (Å²) < 4.78 is 30.3. The summed E-state index contributed by atoms with van der Waals surface area (Å²) in [4.78, 5) is 17.8. The van der Waals surface area contributed by atoms with Gasteiger partial charge in [0.2, 0.25) is 10.0 Å². The first kappa shape index (κ1) is 15.9. The summed E-state index contributed by atoms with van der Waals surface area (Å²) in [6.07, 6.45) is 3.13. The highest BCUT2D eigenvalue weighted by molar-refractivity contribution is 7.89. The van der Waals surface area contributed by atoms with E-state index < -0.39 is 10.0 Å². The molecule has 1 aromatic heterocycles. The standard InChI is InChI=1S/C13H19N3O4S/c1-20-9-10-21(18,19)16-7-5-15(6-8-16)13(17)12-3-2-4-14-11-12/h2-4,11H,5-10H2,1H3. The second-order valence-corrected chi connectivity index (χ2v) is 6.83. The SMILES string of the molecule is COCCS(=O)(=O)N1CCN(C(=O)c2cccnc2)CC1. The lowest BCUT2D eigenvalue weighted by atomic mass is 10.2. The summed E-state index contributed by atoms with van der Waals surface area (Å²) in [7, 11) is -1.83. The minimum atomic E-state index is -3.30. The molecule has 7 nitrogen and oxygen atoms in total. The van der Waals surface area contributed by atoms with Crippen LogP contribution in [0.15, 0.2) is 24.5 Å². The van der Waals surface area contributed by atoms with E-state index in [0.29, 0.717) is 31.7 Å². The Morgan fingerprint density at radius 3 is 2.62 bits per heavy atom. The number of carbonyl (C=O) groups is 1. The molecule has 0 unspecified atom stereocenters. The number of aromatic nitrogens is 1. The Kier molecular flexibility index (Phi) is 5.27. The molecule has 1 fully saturated rings. The van der Waals surface area contributed by atoms with Crippen LogP contribution in [-0.4, -0.2) is 74.2 Å². The number of amides is 1. The van der Waals surface area contributed by atoms with Gasteiger partial charge in [-0.25, -0.2) is 8.42 Å². The fraction of sp³-hybridized carbons (Fsp3) is 0.538. The van der Waals surface area contributed by atoms with Gasteiger partial charge in [-0.05, 0) is 12.1 Å². The van der Waals surface area contributed by atoms with Crippen molar-refractivity contribution in [3.8, 4) is 0 Å². The molecular weight excluding hydrogens is 294 g/mol. The number of ether oxygens (including phenoxy) is 1.